The van der Waals surface area contributed by atoms with Crippen molar-refractivity contribution in [1.29, 1.82) is 0 Å². The summed E-state index contributed by atoms with van der Waals surface area (Å²) in [7, 11) is 0. The second-order valence-corrected chi connectivity index (χ2v) is 6.54. The van der Waals surface area contributed by atoms with Gasteiger partial charge in [-0.3, -0.25) is 14.9 Å². The topological polar surface area (TPSA) is 130 Å². The minimum Gasteiger partial charge on any atom is -0.450 e. The molecule has 0 radical (unpaired) electrons. The highest BCUT2D eigenvalue weighted by Gasteiger charge is 2.31. The fourth-order valence-electron chi connectivity index (χ4n) is 2.58. The van der Waals surface area contributed by atoms with Crippen LogP contribution in [0.15, 0.2) is 54.7 Å². The molecule has 0 saturated heterocycles. The molecule has 0 saturated carbocycles. The number of alkyl halides is 3. The number of pyridine rings is 1. The first-order valence-electron chi connectivity index (χ1n) is 8.56. The lowest BCUT2D eigenvalue weighted by molar-refractivity contribution is -0.384. The molecule has 9 nitrogen and oxygen atoms in total. The number of carbonyl (C=O) groups excluding carboxylic acids is 1. The second kappa shape index (κ2) is 8.98. The van der Waals surface area contributed by atoms with Gasteiger partial charge in [0.25, 0.3) is 5.91 Å². The van der Waals surface area contributed by atoms with Crippen molar-refractivity contribution in [2.75, 3.05) is 11.1 Å². The summed E-state index contributed by atoms with van der Waals surface area (Å²) >= 11 is 6.03. The minimum absolute atomic E-state index is 0.0238. The molecule has 0 unspecified atom stereocenters. The first-order chi connectivity index (χ1) is 15.0. The zero-order valence-corrected chi connectivity index (χ0v) is 16.5. The number of benzene rings is 2. The van der Waals surface area contributed by atoms with Crippen molar-refractivity contribution < 1.29 is 32.4 Å². The zero-order chi connectivity index (χ0) is 23.5. The molecule has 0 bridgehead atoms. The van der Waals surface area contributed by atoms with Gasteiger partial charge >= 0.3 is 12.0 Å². The fourth-order valence-corrected chi connectivity index (χ4v) is 2.80. The molecule has 32 heavy (non-hydrogen) atoms. The fraction of sp³-hybridized carbons (Fsp3) is 0.0526. The lowest BCUT2D eigenvalue weighted by Gasteiger charge is -2.12. The zero-order valence-electron chi connectivity index (χ0n) is 15.7. The van der Waals surface area contributed by atoms with Crippen molar-refractivity contribution >= 4 is 34.7 Å². The van der Waals surface area contributed by atoms with Crippen molar-refractivity contribution in [2.45, 2.75) is 6.36 Å². The highest BCUT2D eigenvalue weighted by Crippen LogP contribution is 2.36. The van der Waals surface area contributed by atoms with Gasteiger partial charge in [-0.1, -0.05) is 17.7 Å². The van der Waals surface area contributed by atoms with E-state index in [1.165, 1.54) is 42.6 Å². The Morgan fingerprint density at radius 2 is 1.91 bits per heavy atom. The molecule has 0 aliphatic rings. The van der Waals surface area contributed by atoms with Crippen LogP contribution in [-0.4, -0.2) is 22.2 Å². The largest absolute Gasteiger partial charge is 0.573 e. The number of amides is 1. The van der Waals surface area contributed by atoms with Gasteiger partial charge in [-0.15, -0.1) is 13.2 Å². The number of anilines is 2. The molecular formula is C19H12ClF3N4O5. The molecule has 0 atom stereocenters. The summed E-state index contributed by atoms with van der Waals surface area (Å²) in [4.78, 5) is 26.5. The Bertz CT molecular complexity index is 1190. The number of nitrogens with zero attached hydrogens (tertiary/aromatic N) is 2. The van der Waals surface area contributed by atoms with E-state index >= 15 is 0 Å². The Balaban J connectivity index is 1.83. The number of carbonyl (C=O) groups is 1. The summed E-state index contributed by atoms with van der Waals surface area (Å²) in [5, 5.41) is 13.8. The molecule has 1 heterocycles. The van der Waals surface area contributed by atoms with Gasteiger partial charge in [0.15, 0.2) is 0 Å². The van der Waals surface area contributed by atoms with Crippen LogP contribution in [-0.2, 0) is 0 Å². The van der Waals surface area contributed by atoms with Crippen molar-refractivity contribution in [1.82, 2.24) is 4.98 Å². The lowest BCUT2D eigenvalue weighted by Crippen LogP contribution is -2.18. The van der Waals surface area contributed by atoms with E-state index in [9.17, 15) is 28.1 Å². The molecule has 1 amide bonds. The Hall–Kier alpha value is -4.06. The number of aromatic nitrogens is 1. The maximum atomic E-state index is 12.5. The molecule has 0 spiro atoms. The molecule has 166 valence electrons. The second-order valence-electron chi connectivity index (χ2n) is 6.11. The van der Waals surface area contributed by atoms with Crippen LogP contribution in [0.2, 0.25) is 5.02 Å². The highest BCUT2D eigenvalue weighted by atomic mass is 35.5. The van der Waals surface area contributed by atoms with E-state index in [2.05, 4.69) is 15.0 Å². The van der Waals surface area contributed by atoms with Crippen LogP contribution in [0.4, 0.5) is 30.4 Å². The Kier molecular flexibility index (Phi) is 6.35. The van der Waals surface area contributed by atoms with Gasteiger partial charge in [0.2, 0.25) is 11.6 Å². The third-order valence-electron chi connectivity index (χ3n) is 3.78. The highest BCUT2D eigenvalue weighted by molar-refractivity contribution is 6.31. The number of nitrogen functional groups attached to an aromatic ring is 1. The summed E-state index contributed by atoms with van der Waals surface area (Å²) in [6, 6.07) is 9.66. The van der Waals surface area contributed by atoms with Gasteiger partial charge in [-0.25, -0.2) is 4.98 Å². The first kappa shape index (κ1) is 22.6. The third kappa shape index (κ3) is 5.76. The van der Waals surface area contributed by atoms with Crippen molar-refractivity contribution in [3.05, 3.63) is 75.4 Å². The average molecular weight is 469 g/mol. The van der Waals surface area contributed by atoms with Crippen molar-refractivity contribution in [3.63, 3.8) is 0 Å². The molecular weight excluding hydrogens is 457 g/mol. The predicted molar refractivity (Wildman–Crippen MR) is 108 cm³/mol. The minimum atomic E-state index is -4.91. The van der Waals surface area contributed by atoms with Gasteiger partial charge in [-0.2, -0.15) is 0 Å². The molecule has 3 N–H and O–H groups in total. The summed E-state index contributed by atoms with van der Waals surface area (Å²) in [5.41, 5.74) is 4.96. The number of hydrogen-bond donors (Lipinski definition) is 2. The molecule has 1 aromatic heterocycles. The van der Waals surface area contributed by atoms with E-state index in [-0.39, 0.29) is 33.6 Å². The molecule has 13 heteroatoms. The van der Waals surface area contributed by atoms with E-state index < -0.39 is 28.6 Å². The van der Waals surface area contributed by atoms with E-state index in [0.29, 0.717) is 0 Å². The van der Waals surface area contributed by atoms with E-state index in [1.54, 1.807) is 0 Å². The standard InChI is InChI=1S/C19H12ClF3N4O5/c20-11-7-12(26-18(28)10-2-1-3-13(6-10)32-19(21,22)23)9-14(8-11)31-15-4-5-25-17(24)16(15)27(29)30/h1-9H,(H2,24,25)(H,26,28). The molecule has 2 aromatic carbocycles. The number of nitro groups is 1. The number of nitrogens with two attached hydrogens (primary N) is 1. The smallest absolute Gasteiger partial charge is 0.450 e. The predicted octanol–water partition coefficient (Wildman–Crippen LogP) is 5.17. The summed E-state index contributed by atoms with van der Waals surface area (Å²) in [6.07, 6.45) is -3.70. The van der Waals surface area contributed by atoms with E-state index in [1.807, 2.05) is 0 Å². The van der Waals surface area contributed by atoms with Gasteiger partial charge in [0, 0.05) is 34.6 Å². The van der Waals surface area contributed by atoms with Crippen LogP contribution >= 0.6 is 11.6 Å². The Morgan fingerprint density at radius 1 is 1.16 bits per heavy atom. The van der Waals surface area contributed by atoms with Crippen LogP contribution in [0, 0.1) is 10.1 Å². The Morgan fingerprint density at radius 3 is 2.59 bits per heavy atom. The SMILES string of the molecule is Nc1nccc(Oc2cc(Cl)cc(NC(=O)c3cccc(OC(F)(F)F)c3)c2)c1[N+](=O)[O-]. The average Bonchev–Trinajstić information content (AvgIpc) is 2.66. The summed E-state index contributed by atoms with van der Waals surface area (Å²) in [6.45, 7) is 0. The molecule has 3 rings (SSSR count). The van der Waals surface area contributed by atoms with Crippen LogP contribution in [0.1, 0.15) is 10.4 Å². The normalized spacial score (nSPS) is 11.0. The summed E-state index contributed by atoms with van der Waals surface area (Å²) < 4.78 is 46.4. The van der Waals surface area contributed by atoms with E-state index in [4.69, 9.17) is 22.1 Å². The molecule has 0 aliphatic carbocycles. The summed E-state index contributed by atoms with van der Waals surface area (Å²) in [5.74, 6) is -1.87. The van der Waals surface area contributed by atoms with Crippen LogP contribution < -0.4 is 20.5 Å². The van der Waals surface area contributed by atoms with Crippen LogP contribution in [0.3, 0.4) is 0 Å². The molecule has 0 aliphatic heterocycles. The maximum Gasteiger partial charge on any atom is 0.573 e. The van der Waals surface area contributed by atoms with Gasteiger partial charge < -0.3 is 20.5 Å². The maximum absolute atomic E-state index is 12.5. The Labute approximate surface area is 182 Å². The third-order valence-corrected chi connectivity index (χ3v) is 4.00. The lowest BCUT2D eigenvalue weighted by atomic mass is 10.2. The van der Waals surface area contributed by atoms with Gasteiger partial charge in [0.05, 0.1) is 4.92 Å². The number of halogens is 4. The quantitative estimate of drug-likeness (QED) is 0.377. The van der Waals surface area contributed by atoms with E-state index in [0.717, 1.165) is 12.1 Å². The van der Waals surface area contributed by atoms with Gasteiger partial charge in [-0.05, 0) is 30.3 Å². The first-order valence-corrected chi connectivity index (χ1v) is 8.94. The number of rotatable bonds is 6. The number of hydrogen-bond acceptors (Lipinski definition) is 7. The number of ether oxygens (including phenoxy) is 2. The van der Waals surface area contributed by atoms with Crippen LogP contribution in [0.5, 0.6) is 17.2 Å². The van der Waals surface area contributed by atoms with Crippen molar-refractivity contribution in [3.8, 4) is 17.2 Å². The van der Waals surface area contributed by atoms with Crippen molar-refractivity contribution in [2.24, 2.45) is 0 Å². The number of nitrogens with one attached hydrogen (secondary N) is 1. The monoisotopic (exact) mass is 468 g/mol. The van der Waals surface area contributed by atoms with Gasteiger partial charge in [0.1, 0.15) is 11.5 Å². The molecule has 0 fully saturated rings. The van der Waals surface area contributed by atoms with Crippen LogP contribution in [0.25, 0.3) is 0 Å². The molecule has 3 aromatic rings.